The number of benzene rings is 1. The lowest BCUT2D eigenvalue weighted by molar-refractivity contribution is 0.291. The summed E-state index contributed by atoms with van der Waals surface area (Å²) in [5.74, 6) is 0. The van der Waals surface area contributed by atoms with E-state index in [1.807, 2.05) is 0 Å². The minimum atomic E-state index is -3.56. The van der Waals surface area contributed by atoms with Crippen LogP contribution in [0.15, 0.2) is 29.2 Å². The normalized spacial score (nSPS) is 15.1. The van der Waals surface area contributed by atoms with E-state index in [1.54, 1.807) is 31.2 Å². The zero-order valence-corrected chi connectivity index (χ0v) is 9.98. The van der Waals surface area contributed by atoms with E-state index < -0.39 is 6.80 Å². The van der Waals surface area contributed by atoms with E-state index in [1.165, 1.54) is 0 Å². The smallest absolute Gasteiger partial charge is 0.316 e. The summed E-state index contributed by atoms with van der Waals surface area (Å²) in [6.07, 6.45) is 0. The van der Waals surface area contributed by atoms with Gasteiger partial charge in [-0.25, -0.2) is 4.57 Å². The second-order valence-corrected chi connectivity index (χ2v) is 6.65. The van der Waals surface area contributed by atoms with Crippen molar-refractivity contribution in [3.8, 4) is 0 Å². The first-order valence-electron chi connectivity index (χ1n) is 3.96. The molecule has 0 spiro atoms. The molecule has 0 bridgehead atoms. The first-order chi connectivity index (χ1) is 6.53. The molecule has 0 amide bonds. The zero-order chi connectivity index (χ0) is 10.6. The Hall–Kier alpha value is 0.01000. The van der Waals surface area contributed by atoms with E-state index in [0.29, 0.717) is 9.92 Å². The van der Waals surface area contributed by atoms with Gasteiger partial charge in [-0.05, 0) is 42.6 Å². The summed E-state index contributed by atoms with van der Waals surface area (Å²) in [5.41, 5.74) is 0. The summed E-state index contributed by atoms with van der Waals surface area (Å²) >= 11 is 6.48. The van der Waals surface area contributed by atoms with Crippen LogP contribution < -0.4 is 0 Å². The maximum atomic E-state index is 11.3. The highest BCUT2D eigenvalue weighted by atomic mass is 35.5. The van der Waals surface area contributed by atoms with Gasteiger partial charge < -0.3 is 9.42 Å². The Morgan fingerprint density at radius 2 is 2.07 bits per heavy atom. The van der Waals surface area contributed by atoms with Crippen LogP contribution in [0.5, 0.6) is 0 Å². The van der Waals surface area contributed by atoms with Gasteiger partial charge in [-0.3, -0.25) is 0 Å². The minimum absolute atomic E-state index is 0.217. The number of hydrogen-bond donors (Lipinski definition) is 1. The van der Waals surface area contributed by atoms with Crippen molar-refractivity contribution in [2.24, 2.45) is 0 Å². The van der Waals surface area contributed by atoms with Gasteiger partial charge in [0.2, 0.25) is 0 Å². The van der Waals surface area contributed by atoms with E-state index in [-0.39, 0.29) is 6.61 Å². The van der Waals surface area contributed by atoms with Crippen LogP contribution in [0.2, 0.25) is 5.02 Å². The third-order valence-electron chi connectivity index (χ3n) is 1.33. The molecule has 0 aliphatic carbocycles. The SMILES string of the molecule is CCOP(=O)(O)Sc1ccc(Cl)cc1. The van der Waals surface area contributed by atoms with E-state index in [2.05, 4.69) is 0 Å². The van der Waals surface area contributed by atoms with Crippen LogP contribution in [0, 0.1) is 0 Å². The highest BCUT2D eigenvalue weighted by molar-refractivity contribution is 8.54. The van der Waals surface area contributed by atoms with Gasteiger partial charge in [0.25, 0.3) is 0 Å². The van der Waals surface area contributed by atoms with Crippen molar-refractivity contribution < 1.29 is 14.0 Å². The van der Waals surface area contributed by atoms with E-state index in [9.17, 15) is 9.46 Å². The maximum absolute atomic E-state index is 11.3. The van der Waals surface area contributed by atoms with Crippen LogP contribution in [0.3, 0.4) is 0 Å². The molecule has 0 aliphatic rings. The monoisotopic (exact) mass is 252 g/mol. The van der Waals surface area contributed by atoms with Crippen molar-refractivity contribution in [1.29, 1.82) is 0 Å². The van der Waals surface area contributed by atoms with Gasteiger partial charge in [0, 0.05) is 9.92 Å². The van der Waals surface area contributed by atoms with Crippen LogP contribution in [-0.2, 0) is 9.09 Å². The van der Waals surface area contributed by atoms with Gasteiger partial charge in [-0.1, -0.05) is 11.6 Å². The standard InChI is InChI=1S/C8H10ClO3PS/c1-2-12-13(10,11)14-8-5-3-7(9)4-6-8/h3-6H,2H2,1H3,(H,10,11). The molecule has 1 aromatic rings. The number of hydrogen-bond acceptors (Lipinski definition) is 3. The second kappa shape index (κ2) is 5.19. The molecule has 0 saturated carbocycles. The van der Waals surface area contributed by atoms with Crippen molar-refractivity contribution in [2.75, 3.05) is 6.61 Å². The fourth-order valence-electron chi connectivity index (χ4n) is 0.818. The number of rotatable bonds is 4. The summed E-state index contributed by atoms with van der Waals surface area (Å²) in [7, 11) is 0. The molecular weight excluding hydrogens is 243 g/mol. The largest absolute Gasteiger partial charge is 0.391 e. The molecule has 3 nitrogen and oxygen atoms in total. The third-order valence-corrected chi connectivity index (χ3v) is 4.52. The topological polar surface area (TPSA) is 46.5 Å². The molecule has 14 heavy (non-hydrogen) atoms. The van der Waals surface area contributed by atoms with Gasteiger partial charge >= 0.3 is 6.80 Å². The van der Waals surface area contributed by atoms with Crippen LogP contribution in [0.4, 0.5) is 0 Å². The summed E-state index contributed by atoms with van der Waals surface area (Å²) in [6, 6.07) is 6.68. The lowest BCUT2D eigenvalue weighted by atomic mass is 10.4. The van der Waals surface area contributed by atoms with E-state index in [0.717, 1.165) is 11.4 Å². The van der Waals surface area contributed by atoms with Gasteiger partial charge in [-0.2, -0.15) is 0 Å². The Labute approximate surface area is 91.7 Å². The van der Waals surface area contributed by atoms with Crippen LogP contribution in [-0.4, -0.2) is 11.5 Å². The van der Waals surface area contributed by atoms with Crippen LogP contribution in [0.25, 0.3) is 0 Å². The first-order valence-corrected chi connectivity index (χ1v) is 7.34. The molecule has 0 heterocycles. The van der Waals surface area contributed by atoms with Gasteiger partial charge in [0.1, 0.15) is 0 Å². The molecule has 1 aromatic carbocycles. The van der Waals surface area contributed by atoms with E-state index >= 15 is 0 Å². The fourth-order valence-corrected chi connectivity index (χ4v) is 3.49. The molecule has 6 heteroatoms. The molecule has 0 radical (unpaired) electrons. The Bertz CT molecular complexity index is 341. The minimum Gasteiger partial charge on any atom is -0.316 e. The molecule has 1 unspecified atom stereocenters. The molecule has 0 saturated heterocycles. The summed E-state index contributed by atoms with van der Waals surface area (Å²) in [6.45, 7) is -1.67. The summed E-state index contributed by atoms with van der Waals surface area (Å²) in [5, 5.41) is 0.596. The van der Waals surface area contributed by atoms with Crippen molar-refractivity contribution in [3.63, 3.8) is 0 Å². The second-order valence-electron chi connectivity index (χ2n) is 2.43. The van der Waals surface area contributed by atoms with Crippen LogP contribution >= 0.6 is 29.8 Å². The van der Waals surface area contributed by atoms with Crippen molar-refractivity contribution in [2.45, 2.75) is 11.8 Å². The lowest BCUT2D eigenvalue weighted by Crippen LogP contribution is -1.84. The quantitative estimate of drug-likeness (QED) is 0.832. The lowest BCUT2D eigenvalue weighted by Gasteiger charge is -2.09. The Morgan fingerprint density at radius 3 is 2.57 bits per heavy atom. The molecule has 1 N–H and O–H groups in total. The molecule has 1 atom stereocenters. The van der Waals surface area contributed by atoms with Gasteiger partial charge in [-0.15, -0.1) is 0 Å². The van der Waals surface area contributed by atoms with Crippen molar-refractivity contribution >= 4 is 29.8 Å². The van der Waals surface area contributed by atoms with Crippen LogP contribution in [0.1, 0.15) is 6.92 Å². The molecule has 78 valence electrons. The first kappa shape index (κ1) is 12.1. The van der Waals surface area contributed by atoms with Crippen molar-refractivity contribution in [3.05, 3.63) is 29.3 Å². The maximum Gasteiger partial charge on any atom is 0.391 e. The Balaban J connectivity index is 2.69. The highest BCUT2D eigenvalue weighted by Crippen LogP contribution is 2.59. The average Bonchev–Trinajstić information content (AvgIpc) is 2.08. The molecule has 1 rings (SSSR count). The molecule has 0 fully saturated rings. The predicted octanol–water partition coefficient (Wildman–Crippen LogP) is 3.57. The molecule has 0 aliphatic heterocycles. The summed E-state index contributed by atoms with van der Waals surface area (Å²) < 4.78 is 16.0. The average molecular weight is 253 g/mol. The number of halogens is 1. The third kappa shape index (κ3) is 4.03. The molecule has 0 aromatic heterocycles. The van der Waals surface area contributed by atoms with Gasteiger partial charge in [0.15, 0.2) is 0 Å². The van der Waals surface area contributed by atoms with Gasteiger partial charge in [0.05, 0.1) is 6.61 Å². The highest BCUT2D eigenvalue weighted by Gasteiger charge is 2.20. The molecular formula is C8H10ClO3PS. The zero-order valence-electron chi connectivity index (χ0n) is 7.51. The predicted molar refractivity (Wildman–Crippen MR) is 58.8 cm³/mol. The summed E-state index contributed by atoms with van der Waals surface area (Å²) in [4.78, 5) is 9.96. The fraction of sp³-hybridized carbons (Fsp3) is 0.250. The Kier molecular flexibility index (Phi) is 4.48. The van der Waals surface area contributed by atoms with E-state index in [4.69, 9.17) is 16.1 Å². The van der Waals surface area contributed by atoms with Crippen molar-refractivity contribution in [1.82, 2.24) is 0 Å². The Morgan fingerprint density at radius 1 is 1.50 bits per heavy atom.